The Labute approximate surface area is 197 Å². The lowest BCUT2D eigenvalue weighted by Crippen LogP contribution is -2.46. The number of piperidine rings is 1. The van der Waals surface area contributed by atoms with Crippen molar-refractivity contribution in [2.24, 2.45) is 0 Å². The topological polar surface area (TPSA) is 88.3 Å². The van der Waals surface area contributed by atoms with Crippen LogP contribution in [0.1, 0.15) is 44.8 Å². The SMILES string of the molecule is Cc1ccc(-c2cc(C(=O)N3CCC(NC(=O)c4ccccc4)CC3)c3c(C)noc3n2)cc1. The summed E-state index contributed by atoms with van der Waals surface area (Å²) < 4.78 is 5.44. The lowest BCUT2D eigenvalue weighted by Gasteiger charge is -2.32. The van der Waals surface area contributed by atoms with Crippen molar-refractivity contribution in [1.29, 1.82) is 0 Å². The molecule has 2 amide bonds. The molecule has 5 rings (SSSR count). The normalized spacial score (nSPS) is 14.4. The largest absolute Gasteiger partial charge is 0.349 e. The zero-order chi connectivity index (χ0) is 23.7. The Morgan fingerprint density at radius 3 is 2.41 bits per heavy atom. The van der Waals surface area contributed by atoms with E-state index in [9.17, 15) is 9.59 Å². The lowest BCUT2D eigenvalue weighted by atomic mass is 10.0. The average Bonchev–Trinajstić information content (AvgIpc) is 3.25. The van der Waals surface area contributed by atoms with Gasteiger partial charge in [-0.1, -0.05) is 53.2 Å². The Hall–Kier alpha value is -4.00. The molecule has 0 aliphatic carbocycles. The number of pyridine rings is 1. The Balaban J connectivity index is 1.35. The summed E-state index contributed by atoms with van der Waals surface area (Å²) in [6, 6.07) is 19.1. The summed E-state index contributed by atoms with van der Waals surface area (Å²) in [5.74, 6) is -0.149. The predicted octanol–water partition coefficient (Wildman–Crippen LogP) is 4.54. The van der Waals surface area contributed by atoms with Gasteiger partial charge in [-0.05, 0) is 44.9 Å². The van der Waals surface area contributed by atoms with Gasteiger partial charge < -0.3 is 14.7 Å². The Kier molecular flexibility index (Phi) is 5.84. The first-order valence-electron chi connectivity index (χ1n) is 11.5. The third-order valence-electron chi connectivity index (χ3n) is 6.35. The molecule has 172 valence electrons. The fraction of sp³-hybridized carbons (Fsp3) is 0.259. The number of nitrogens with zero attached hydrogens (tertiary/aromatic N) is 3. The minimum Gasteiger partial charge on any atom is -0.349 e. The van der Waals surface area contributed by atoms with Crippen molar-refractivity contribution in [2.45, 2.75) is 32.7 Å². The minimum absolute atomic E-state index is 0.0367. The number of rotatable bonds is 4. The van der Waals surface area contributed by atoms with Gasteiger partial charge in [0, 0.05) is 30.3 Å². The molecule has 3 heterocycles. The van der Waals surface area contributed by atoms with Crippen LogP contribution in [-0.4, -0.2) is 46.0 Å². The summed E-state index contributed by atoms with van der Waals surface area (Å²) in [6.07, 6.45) is 1.40. The van der Waals surface area contributed by atoms with Crippen molar-refractivity contribution in [3.63, 3.8) is 0 Å². The molecule has 1 aliphatic rings. The van der Waals surface area contributed by atoms with Gasteiger partial charge in [0.2, 0.25) is 0 Å². The molecule has 1 saturated heterocycles. The first-order chi connectivity index (χ1) is 16.5. The monoisotopic (exact) mass is 454 g/mol. The summed E-state index contributed by atoms with van der Waals surface area (Å²) in [7, 11) is 0. The highest BCUT2D eigenvalue weighted by Crippen LogP contribution is 2.29. The maximum absolute atomic E-state index is 13.6. The average molecular weight is 455 g/mol. The molecule has 4 aromatic rings. The number of amides is 2. The molecule has 1 aliphatic heterocycles. The van der Waals surface area contributed by atoms with Gasteiger partial charge in [-0.25, -0.2) is 4.98 Å². The first-order valence-corrected chi connectivity index (χ1v) is 11.5. The van der Waals surface area contributed by atoms with Gasteiger partial charge in [0.1, 0.15) is 0 Å². The van der Waals surface area contributed by atoms with E-state index in [1.165, 1.54) is 0 Å². The maximum atomic E-state index is 13.6. The van der Waals surface area contributed by atoms with Crippen molar-refractivity contribution in [3.8, 4) is 11.3 Å². The highest BCUT2D eigenvalue weighted by molar-refractivity contribution is 6.07. The standard InChI is InChI=1S/C27H26N4O3/c1-17-8-10-19(11-9-17)23-16-22(24-18(2)30-34-26(24)29-23)27(33)31-14-12-21(13-15-31)28-25(32)20-6-4-3-5-7-20/h3-11,16,21H,12-15H2,1-2H3,(H,28,32). The molecule has 0 spiro atoms. The van der Waals surface area contributed by atoms with Crippen LogP contribution < -0.4 is 5.32 Å². The van der Waals surface area contributed by atoms with Crippen LogP contribution in [0.4, 0.5) is 0 Å². The molecule has 0 saturated carbocycles. The predicted molar refractivity (Wildman–Crippen MR) is 130 cm³/mol. The molecule has 34 heavy (non-hydrogen) atoms. The molecular weight excluding hydrogens is 428 g/mol. The zero-order valence-corrected chi connectivity index (χ0v) is 19.2. The lowest BCUT2D eigenvalue weighted by molar-refractivity contribution is 0.0700. The first kappa shape index (κ1) is 21.8. The maximum Gasteiger partial charge on any atom is 0.259 e. The van der Waals surface area contributed by atoms with Gasteiger partial charge in [0.15, 0.2) is 0 Å². The van der Waals surface area contributed by atoms with Crippen molar-refractivity contribution in [1.82, 2.24) is 20.4 Å². The molecule has 2 aromatic heterocycles. The zero-order valence-electron chi connectivity index (χ0n) is 19.2. The highest BCUT2D eigenvalue weighted by atomic mass is 16.5. The second kappa shape index (κ2) is 9.09. The van der Waals surface area contributed by atoms with E-state index in [1.54, 1.807) is 12.1 Å². The van der Waals surface area contributed by atoms with Crippen LogP contribution >= 0.6 is 0 Å². The quantitative estimate of drug-likeness (QED) is 0.489. The van der Waals surface area contributed by atoms with Crippen LogP contribution in [0.3, 0.4) is 0 Å². The van der Waals surface area contributed by atoms with Crippen LogP contribution in [0, 0.1) is 13.8 Å². The van der Waals surface area contributed by atoms with Crippen molar-refractivity contribution in [2.75, 3.05) is 13.1 Å². The second-order valence-corrected chi connectivity index (χ2v) is 8.78. The van der Waals surface area contributed by atoms with E-state index in [1.807, 2.05) is 67.3 Å². The van der Waals surface area contributed by atoms with Crippen molar-refractivity contribution in [3.05, 3.63) is 83.0 Å². The fourth-order valence-electron chi connectivity index (χ4n) is 4.39. The number of benzene rings is 2. The number of likely N-dealkylation sites (tertiary alicyclic amines) is 1. The minimum atomic E-state index is -0.0796. The molecule has 0 unspecified atom stereocenters. The number of hydrogen-bond acceptors (Lipinski definition) is 5. The second-order valence-electron chi connectivity index (χ2n) is 8.78. The number of carbonyl (C=O) groups excluding carboxylic acids is 2. The Morgan fingerprint density at radius 2 is 1.71 bits per heavy atom. The number of hydrogen-bond donors (Lipinski definition) is 1. The third-order valence-corrected chi connectivity index (χ3v) is 6.35. The number of fused-ring (bicyclic) bond motifs is 1. The molecular formula is C27H26N4O3. The molecule has 7 heteroatoms. The molecule has 1 fully saturated rings. The van der Waals surface area contributed by atoms with E-state index in [0.29, 0.717) is 59.5 Å². The van der Waals surface area contributed by atoms with Crippen LogP contribution in [0.15, 0.2) is 65.2 Å². The Morgan fingerprint density at radius 1 is 1.00 bits per heavy atom. The van der Waals surface area contributed by atoms with Crippen LogP contribution in [0.2, 0.25) is 0 Å². The van der Waals surface area contributed by atoms with Gasteiger partial charge in [-0.15, -0.1) is 0 Å². The number of aromatic nitrogens is 2. The molecule has 0 bridgehead atoms. The van der Waals surface area contributed by atoms with Gasteiger partial charge in [-0.3, -0.25) is 9.59 Å². The van der Waals surface area contributed by atoms with E-state index < -0.39 is 0 Å². The molecule has 0 atom stereocenters. The smallest absolute Gasteiger partial charge is 0.259 e. The van der Waals surface area contributed by atoms with Crippen LogP contribution in [0.25, 0.3) is 22.4 Å². The molecule has 1 N–H and O–H groups in total. The third kappa shape index (κ3) is 4.29. The van der Waals surface area contributed by atoms with Crippen molar-refractivity contribution < 1.29 is 14.1 Å². The number of aryl methyl sites for hydroxylation is 2. The molecule has 2 aromatic carbocycles. The molecule has 7 nitrogen and oxygen atoms in total. The van der Waals surface area contributed by atoms with Gasteiger partial charge in [-0.2, -0.15) is 0 Å². The Bertz CT molecular complexity index is 1340. The molecule has 0 radical (unpaired) electrons. The summed E-state index contributed by atoms with van der Waals surface area (Å²) >= 11 is 0. The van der Waals surface area contributed by atoms with E-state index in [2.05, 4.69) is 15.5 Å². The van der Waals surface area contributed by atoms with Gasteiger partial charge >= 0.3 is 0 Å². The number of nitrogens with one attached hydrogen (secondary N) is 1. The van der Waals surface area contributed by atoms with Crippen LogP contribution in [-0.2, 0) is 0 Å². The van der Waals surface area contributed by atoms with Crippen LogP contribution in [0.5, 0.6) is 0 Å². The number of carbonyl (C=O) groups is 2. The van der Waals surface area contributed by atoms with Crippen molar-refractivity contribution >= 4 is 22.9 Å². The van der Waals surface area contributed by atoms with E-state index in [4.69, 9.17) is 4.52 Å². The van der Waals surface area contributed by atoms with E-state index >= 15 is 0 Å². The summed E-state index contributed by atoms with van der Waals surface area (Å²) in [4.78, 5) is 32.5. The fourth-order valence-corrected chi connectivity index (χ4v) is 4.39. The highest BCUT2D eigenvalue weighted by Gasteiger charge is 2.28. The van der Waals surface area contributed by atoms with E-state index in [0.717, 1.165) is 11.1 Å². The van der Waals surface area contributed by atoms with E-state index in [-0.39, 0.29) is 17.9 Å². The summed E-state index contributed by atoms with van der Waals surface area (Å²) in [5.41, 5.74) is 4.95. The van der Waals surface area contributed by atoms with Gasteiger partial charge in [0.05, 0.1) is 22.3 Å². The summed E-state index contributed by atoms with van der Waals surface area (Å²) in [5, 5.41) is 7.80. The summed E-state index contributed by atoms with van der Waals surface area (Å²) in [6.45, 7) is 4.97. The van der Waals surface area contributed by atoms with Gasteiger partial charge in [0.25, 0.3) is 17.5 Å².